The van der Waals surface area contributed by atoms with Gasteiger partial charge in [0.2, 0.25) is 0 Å². The Kier molecular flexibility index (Phi) is 4.55. The van der Waals surface area contributed by atoms with E-state index >= 15 is 0 Å². The van der Waals surface area contributed by atoms with E-state index < -0.39 is 11.6 Å². The predicted octanol–water partition coefficient (Wildman–Crippen LogP) is 1.78. The van der Waals surface area contributed by atoms with Crippen LogP contribution in [0.25, 0.3) is 0 Å². The number of ether oxygens (including phenoxy) is 2. The van der Waals surface area contributed by atoms with Crippen LogP contribution < -0.4 is 9.47 Å². The van der Waals surface area contributed by atoms with Crippen LogP contribution in [-0.4, -0.2) is 30.4 Å². The Balaban J connectivity index is 3.24. The number of rotatable bonds is 6. The monoisotopic (exact) mass is 254 g/mol. The third kappa shape index (κ3) is 2.92. The Bertz CT molecular complexity index is 429. The zero-order valence-corrected chi connectivity index (χ0v) is 10.8. The number of aliphatic carboxylic acids is 1. The molecular formula is C13H18O5. The molecule has 0 amide bonds. The summed E-state index contributed by atoms with van der Waals surface area (Å²) in [5.41, 5.74) is -0.987. The van der Waals surface area contributed by atoms with Crippen LogP contribution in [0.15, 0.2) is 18.2 Å². The molecule has 1 atom stereocenters. The first kappa shape index (κ1) is 14.3. The Morgan fingerprint density at radius 1 is 1.33 bits per heavy atom. The van der Waals surface area contributed by atoms with Crippen molar-refractivity contribution in [1.29, 1.82) is 0 Å². The highest BCUT2D eigenvalue weighted by Gasteiger charge is 2.33. The lowest BCUT2D eigenvalue weighted by atomic mass is 9.87. The topological polar surface area (TPSA) is 76.0 Å². The number of benzene rings is 1. The quantitative estimate of drug-likeness (QED) is 0.809. The van der Waals surface area contributed by atoms with Gasteiger partial charge in [0.25, 0.3) is 0 Å². The van der Waals surface area contributed by atoms with Crippen LogP contribution in [0, 0.1) is 0 Å². The van der Waals surface area contributed by atoms with Crippen LogP contribution in [0.4, 0.5) is 0 Å². The maximum absolute atomic E-state index is 10.8. The molecule has 18 heavy (non-hydrogen) atoms. The summed E-state index contributed by atoms with van der Waals surface area (Å²) in [6.07, 6.45) is -0.0891. The van der Waals surface area contributed by atoms with Crippen LogP contribution in [-0.2, 0) is 10.4 Å². The number of hydrogen-bond donors (Lipinski definition) is 2. The van der Waals surface area contributed by atoms with E-state index in [0.29, 0.717) is 17.1 Å². The summed E-state index contributed by atoms with van der Waals surface area (Å²) in [5, 5.41) is 19.3. The van der Waals surface area contributed by atoms with Gasteiger partial charge in [-0.3, -0.25) is 4.79 Å². The molecule has 0 aromatic heterocycles. The molecular weight excluding hydrogens is 236 g/mol. The molecule has 0 aliphatic heterocycles. The smallest absolute Gasteiger partial charge is 0.306 e. The summed E-state index contributed by atoms with van der Waals surface area (Å²) in [6.45, 7) is 1.73. The number of aliphatic hydroxyl groups is 1. The molecule has 0 aliphatic rings. The number of methoxy groups -OCH3 is 2. The summed E-state index contributed by atoms with van der Waals surface area (Å²) in [4.78, 5) is 10.8. The van der Waals surface area contributed by atoms with E-state index in [4.69, 9.17) is 14.6 Å². The van der Waals surface area contributed by atoms with E-state index in [1.165, 1.54) is 14.2 Å². The minimum Gasteiger partial charge on any atom is -0.497 e. The van der Waals surface area contributed by atoms with E-state index in [-0.39, 0.29) is 12.8 Å². The third-order valence-corrected chi connectivity index (χ3v) is 2.94. The Morgan fingerprint density at radius 2 is 2.00 bits per heavy atom. The van der Waals surface area contributed by atoms with E-state index in [9.17, 15) is 9.90 Å². The Labute approximate surface area is 106 Å². The fourth-order valence-electron chi connectivity index (χ4n) is 1.84. The van der Waals surface area contributed by atoms with E-state index in [1.807, 2.05) is 0 Å². The van der Waals surface area contributed by atoms with Crippen molar-refractivity contribution in [1.82, 2.24) is 0 Å². The summed E-state index contributed by atoms with van der Waals surface area (Å²) < 4.78 is 10.2. The highest BCUT2D eigenvalue weighted by atomic mass is 16.5. The summed E-state index contributed by atoms with van der Waals surface area (Å²) >= 11 is 0. The molecule has 1 unspecified atom stereocenters. The molecule has 1 aromatic carbocycles. The van der Waals surface area contributed by atoms with Gasteiger partial charge < -0.3 is 19.7 Å². The highest BCUT2D eigenvalue weighted by molar-refractivity contribution is 5.69. The number of hydrogen-bond acceptors (Lipinski definition) is 4. The molecule has 2 N–H and O–H groups in total. The van der Waals surface area contributed by atoms with Gasteiger partial charge in [0.05, 0.1) is 20.6 Å². The highest BCUT2D eigenvalue weighted by Crippen LogP contribution is 2.37. The van der Waals surface area contributed by atoms with Crippen molar-refractivity contribution in [3.05, 3.63) is 23.8 Å². The van der Waals surface area contributed by atoms with E-state index in [0.717, 1.165) is 0 Å². The van der Waals surface area contributed by atoms with Crippen LogP contribution in [0.2, 0.25) is 0 Å². The molecule has 0 radical (unpaired) electrons. The maximum atomic E-state index is 10.8. The van der Waals surface area contributed by atoms with Crippen LogP contribution in [0.5, 0.6) is 11.5 Å². The molecule has 0 heterocycles. The average Bonchev–Trinajstić information content (AvgIpc) is 2.36. The first-order valence-corrected chi connectivity index (χ1v) is 5.63. The second-order valence-electron chi connectivity index (χ2n) is 4.02. The molecule has 5 nitrogen and oxygen atoms in total. The van der Waals surface area contributed by atoms with Gasteiger partial charge in [-0.05, 0) is 18.6 Å². The molecule has 5 heteroatoms. The first-order chi connectivity index (χ1) is 8.46. The first-order valence-electron chi connectivity index (χ1n) is 5.63. The predicted molar refractivity (Wildman–Crippen MR) is 66.0 cm³/mol. The molecule has 0 saturated heterocycles. The van der Waals surface area contributed by atoms with Crippen molar-refractivity contribution in [2.45, 2.75) is 25.4 Å². The molecule has 0 saturated carbocycles. The number of carboxylic acids is 1. The minimum atomic E-state index is -1.44. The second-order valence-corrected chi connectivity index (χ2v) is 4.02. The third-order valence-electron chi connectivity index (χ3n) is 2.94. The summed E-state index contributed by atoms with van der Waals surface area (Å²) in [5.74, 6) is -0.0541. The summed E-state index contributed by atoms with van der Waals surface area (Å²) in [6, 6.07) is 4.92. The van der Waals surface area contributed by atoms with Gasteiger partial charge in [0, 0.05) is 11.6 Å². The minimum absolute atomic E-state index is 0.280. The van der Waals surface area contributed by atoms with E-state index in [1.54, 1.807) is 25.1 Å². The van der Waals surface area contributed by atoms with E-state index in [2.05, 4.69) is 0 Å². The van der Waals surface area contributed by atoms with Gasteiger partial charge in [-0.15, -0.1) is 0 Å². The van der Waals surface area contributed by atoms with Gasteiger partial charge in [-0.2, -0.15) is 0 Å². The van der Waals surface area contributed by atoms with Gasteiger partial charge >= 0.3 is 5.97 Å². The molecule has 100 valence electrons. The molecule has 0 bridgehead atoms. The standard InChI is InChI=1S/C13H18O5/c1-4-13(16,8-12(14)15)10-6-5-9(17-2)7-11(10)18-3/h5-7,16H,4,8H2,1-3H3,(H,14,15). The van der Waals surface area contributed by atoms with Crippen LogP contribution >= 0.6 is 0 Å². The SMILES string of the molecule is CCC(O)(CC(=O)O)c1ccc(OC)cc1OC. The van der Waals surface area contributed by atoms with Crippen molar-refractivity contribution < 1.29 is 24.5 Å². The van der Waals surface area contributed by atoms with Crippen molar-refractivity contribution in [3.63, 3.8) is 0 Å². The van der Waals surface area contributed by atoms with Crippen LogP contribution in [0.3, 0.4) is 0 Å². The average molecular weight is 254 g/mol. The summed E-state index contributed by atoms with van der Waals surface area (Å²) in [7, 11) is 2.99. The van der Waals surface area contributed by atoms with Crippen molar-refractivity contribution in [2.75, 3.05) is 14.2 Å². The fourth-order valence-corrected chi connectivity index (χ4v) is 1.84. The zero-order valence-electron chi connectivity index (χ0n) is 10.8. The van der Waals surface area contributed by atoms with Crippen molar-refractivity contribution in [2.24, 2.45) is 0 Å². The fraction of sp³-hybridized carbons (Fsp3) is 0.462. The number of carboxylic acid groups (broad SMARTS) is 1. The van der Waals surface area contributed by atoms with Crippen LogP contribution in [0.1, 0.15) is 25.3 Å². The zero-order chi connectivity index (χ0) is 13.8. The maximum Gasteiger partial charge on any atom is 0.306 e. The Morgan fingerprint density at radius 3 is 2.44 bits per heavy atom. The molecule has 0 aliphatic carbocycles. The van der Waals surface area contributed by atoms with Gasteiger partial charge in [0.15, 0.2) is 0 Å². The molecule has 0 fully saturated rings. The normalized spacial score (nSPS) is 13.8. The largest absolute Gasteiger partial charge is 0.497 e. The van der Waals surface area contributed by atoms with Crippen molar-refractivity contribution >= 4 is 5.97 Å². The number of carbonyl (C=O) groups is 1. The molecule has 1 rings (SSSR count). The molecule has 0 spiro atoms. The Hall–Kier alpha value is -1.75. The van der Waals surface area contributed by atoms with Gasteiger partial charge in [-0.25, -0.2) is 0 Å². The lowest BCUT2D eigenvalue weighted by Crippen LogP contribution is -2.28. The lowest BCUT2D eigenvalue weighted by Gasteiger charge is -2.27. The second kappa shape index (κ2) is 5.73. The lowest BCUT2D eigenvalue weighted by molar-refractivity contribution is -0.143. The molecule has 1 aromatic rings. The van der Waals surface area contributed by atoms with Crippen molar-refractivity contribution in [3.8, 4) is 11.5 Å². The van der Waals surface area contributed by atoms with Gasteiger partial charge in [-0.1, -0.05) is 6.92 Å². The van der Waals surface area contributed by atoms with Gasteiger partial charge in [0.1, 0.15) is 17.1 Å².